The molecule has 1 aliphatic rings. The van der Waals surface area contributed by atoms with Crippen molar-refractivity contribution in [3.63, 3.8) is 0 Å². The number of urea groups is 1. The SMILES string of the molecule is CC(C)(C)S(=O)CCNC(=O)NC1CCSCC1. The van der Waals surface area contributed by atoms with Crippen LogP contribution in [-0.2, 0) is 10.8 Å². The van der Waals surface area contributed by atoms with Crippen LogP contribution in [0.2, 0.25) is 0 Å². The zero-order valence-corrected chi connectivity index (χ0v) is 13.1. The summed E-state index contributed by atoms with van der Waals surface area (Å²) in [6, 6.07) is 0.178. The van der Waals surface area contributed by atoms with E-state index in [2.05, 4.69) is 10.6 Å². The van der Waals surface area contributed by atoms with Crippen LogP contribution in [0.15, 0.2) is 0 Å². The van der Waals surface area contributed by atoms with Gasteiger partial charge in [-0.2, -0.15) is 11.8 Å². The molecule has 0 aromatic carbocycles. The van der Waals surface area contributed by atoms with Crippen LogP contribution in [0.25, 0.3) is 0 Å². The van der Waals surface area contributed by atoms with Crippen LogP contribution in [-0.4, -0.2) is 44.8 Å². The molecule has 1 atom stereocenters. The Bertz CT molecular complexity index is 297. The third-order valence-corrected chi connectivity index (χ3v) is 5.80. The molecule has 0 radical (unpaired) electrons. The van der Waals surface area contributed by atoms with E-state index in [4.69, 9.17) is 0 Å². The lowest BCUT2D eigenvalue weighted by atomic mass is 10.2. The molecule has 4 nitrogen and oxygen atoms in total. The first-order chi connectivity index (χ1) is 8.39. The molecule has 1 fully saturated rings. The normalized spacial score (nSPS) is 19.3. The molecular formula is C12H24N2O2S2. The third kappa shape index (κ3) is 6.09. The van der Waals surface area contributed by atoms with Gasteiger partial charge in [-0.15, -0.1) is 0 Å². The third-order valence-electron chi connectivity index (χ3n) is 2.81. The summed E-state index contributed by atoms with van der Waals surface area (Å²) in [7, 11) is -0.906. The summed E-state index contributed by atoms with van der Waals surface area (Å²) in [5.41, 5.74) is 0. The second-order valence-corrected chi connectivity index (χ2v) is 9.00. The van der Waals surface area contributed by atoms with Crippen molar-refractivity contribution in [2.45, 2.75) is 44.4 Å². The van der Waals surface area contributed by atoms with Gasteiger partial charge in [0.15, 0.2) is 0 Å². The minimum absolute atomic E-state index is 0.127. The molecule has 6 heteroatoms. The Kier molecular flexibility index (Phi) is 6.49. The summed E-state index contributed by atoms with van der Waals surface area (Å²) in [5.74, 6) is 2.76. The fourth-order valence-corrected chi connectivity index (χ4v) is 3.65. The Balaban J connectivity index is 2.15. The van der Waals surface area contributed by atoms with E-state index in [0.29, 0.717) is 18.3 Å². The molecule has 1 unspecified atom stereocenters. The van der Waals surface area contributed by atoms with Crippen molar-refractivity contribution in [1.29, 1.82) is 0 Å². The summed E-state index contributed by atoms with van der Waals surface area (Å²) in [6.45, 7) is 6.31. The van der Waals surface area contributed by atoms with Gasteiger partial charge >= 0.3 is 6.03 Å². The largest absolute Gasteiger partial charge is 0.337 e. The molecule has 2 amide bonds. The van der Waals surface area contributed by atoms with E-state index in [1.807, 2.05) is 32.5 Å². The van der Waals surface area contributed by atoms with Crippen LogP contribution >= 0.6 is 11.8 Å². The molecule has 2 N–H and O–H groups in total. The highest BCUT2D eigenvalue weighted by molar-refractivity contribution is 7.99. The van der Waals surface area contributed by atoms with E-state index in [9.17, 15) is 9.00 Å². The molecular weight excluding hydrogens is 268 g/mol. The van der Waals surface area contributed by atoms with E-state index < -0.39 is 10.8 Å². The number of hydrogen-bond acceptors (Lipinski definition) is 3. The average Bonchev–Trinajstić information content (AvgIpc) is 2.28. The lowest BCUT2D eigenvalue weighted by molar-refractivity contribution is 0.236. The van der Waals surface area contributed by atoms with Crippen molar-refractivity contribution in [1.82, 2.24) is 10.6 Å². The lowest BCUT2D eigenvalue weighted by Crippen LogP contribution is -2.45. The lowest BCUT2D eigenvalue weighted by Gasteiger charge is -2.23. The molecule has 1 heterocycles. The molecule has 0 aromatic rings. The van der Waals surface area contributed by atoms with Gasteiger partial charge in [0, 0.05) is 33.9 Å². The van der Waals surface area contributed by atoms with Crippen molar-refractivity contribution in [2.75, 3.05) is 23.8 Å². The Labute approximate surface area is 117 Å². The first-order valence-electron chi connectivity index (χ1n) is 6.40. The molecule has 106 valence electrons. The first kappa shape index (κ1) is 15.8. The van der Waals surface area contributed by atoms with Crippen LogP contribution < -0.4 is 10.6 Å². The molecule has 0 saturated carbocycles. The van der Waals surface area contributed by atoms with Gasteiger partial charge in [0.25, 0.3) is 0 Å². The molecule has 0 aromatic heterocycles. The van der Waals surface area contributed by atoms with Crippen LogP contribution in [0.1, 0.15) is 33.6 Å². The predicted octanol–water partition coefficient (Wildman–Crippen LogP) is 1.73. The molecule has 1 aliphatic heterocycles. The average molecular weight is 292 g/mol. The van der Waals surface area contributed by atoms with E-state index in [0.717, 1.165) is 24.3 Å². The molecule has 1 saturated heterocycles. The van der Waals surface area contributed by atoms with Crippen molar-refractivity contribution in [3.8, 4) is 0 Å². The van der Waals surface area contributed by atoms with Gasteiger partial charge in [-0.05, 0) is 45.1 Å². The summed E-state index contributed by atoms with van der Waals surface area (Å²) in [6.07, 6.45) is 2.10. The Morgan fingerprint density at radius 1 is 1.33 bits per heavy atom. The molecule has 1 rings (SSSR count). The zero-order valence-electron chi connectivity index (χ0n) is 11.5. The van der Waals surface area contributed by atoms with Crippen LogP contribution in [0.4, 0.5) is 4.79 Å². The highest BCUT2D eigenvalue weighted by Crippen LogP contribution is 2.16. The number of carbonyl (C=O) groups excluding carboxylic acids is 1. The predicted molar refractivity (Wildman–Crippen MR) is 79.6 cm³/mol. The number of nitrogens with one attached hydrogen (secondary N) is 2. The fraction of sp³-hybridized carbons (Fsp3) is 0.917. The summed E-state index contributed by atoms with van der Waals surface area (Å²) < 4.78 is 11.6. The Hall–Kier alpha value is -0.230. The van der Waals surface area contributed by atoms with Crippen LogP contribution in [0, 0.1) is 0 Å². The van der Waals surface area contributed by atoms with Gasteiger partial charge in [-0.25, -0.2) is 4.79 Å². The van der Waals surface area contributed by atoms with E-state index >= 15 is 0 Å². The number of rotatable bonds is 4. The number of amides is 2. The van der Waals surface area contributed by atoms with Crippen molar-refractivity contribution >= 4 is 28.6 Å². The highest BCUT2D eigenvalue weighted by atomic mass is 32.2. The quantitative estimate of drug-likeness (QED) is 0.829. The van der Waals surface area contributed by atoms with Gasteiger partial charge in [0.1, 0.15) is 0 Å². The number of hydrogen-bond donors (Lipinski definition) is 2. The minimum Gasteiger partial charge on any atom is -0.337 e. The maximum Gasteiger partial charge on any atom is 0.315 e. The van der Waals surface area contributed by atoms with Crippen LogP contribution in [0.3, 0.4) is 0 Å². The highest BCUT2D eigenvalue weighted by Gasteiger charge is 2.19. The monoisotopic (exact) mass is 292 g/mol. The molecule has 0 aliphatic carbocycles. The number of carbonyl (C=O) groups is 1. The number of thioether (sulfide) groups is 1. The Morgan fingerprint density at radius 2 is 1.94 bits per heavy atom. The van der Waals surface area contributed by atoms with Crippen molar-refractivity contribution < 1.29 is 9.00 Å². The smallest absolute Gasteiger partial charge is 0.315 e. The second kappa shape index (κ2) is 7.38. The topological polar surface area (TPSA) is 58.2 Å². The van der Waals surface area contributed by atoms with Crippen LogP contribution in [0.5, 0.6) is 0 Å². The summed E-state index contributed by atoms with van der Waals surface area (Å²) in [4.78, 5) is 11.6. The first-order valence-corrected chi connectivity index (χ1v) is 8.87. The maximum atomic E-state index is 11.8. The van der Waals surface area contributed by atoms with E-state index in [-0.39, 0.29) is 10.8 Å². The Morgan fingerprint density at radius 3 is 2.50 bits per heavy atom. The molecule has 18 heavy (non-hydrogen) atoms. The minimum atomic E-state index is -0.906. The fourth-order valence-electron chi connectivity index (χ4n) is 1.64. The van der Waals surface area contributed by atoms with Crippen molar-refractivity contribution in [2.24, 2.45) is 0 Å². The van der Waals surface area contributed by atoms with Gasteiger partial charge in [-0.3, -0.25) is 4.21 Å². The molecule has 0 spiro atoms. The van der Waals surface area contributed by atoms with Gasteiger partial charge in [0.05, 0.1) is 0 Å². The van der Waals surface area contributed by atoms with Gasteiger partial charge in [0.2, 0.25) is 0 Å². The standard InChI is InChI=1S/C12H24N2O2S2/c1-12(2,3)18(16)9-6-13-11(15)14-10-4-7-17-8-5-10/h10H,4-9H2,1-3H3,(H2,13,14,15). The van der Waals surface area contributed by atoms with Gasteiger partial charge in [-0.1, -0.05) is 0 Å². The second-order valence-electron chi connectivity index (χ2n) is 5.45. The van der Waals surface area contributed by atoms with E-state index in [1.54, 1.807) is 0 Å². The van der Waals surface area contributed by atoms with Crippen molar-refractivity contribution in [3.05, 3.63) is 0 Å². The van der Waals surface area contributed by atoms with E-state index in [1.165, 1.54) is 0 Å². The van der Waals surface area contributed by atoms with Gasteiger partial charge < -0.3 is 10.6 Å². The zero-order chi connectivity index (χ0) is 13.6. The maximum absolute atomic E-state index is 11.8. The summed E-state index contributed by atoms with van der Waals surface area (Å²) in [5, 5.41) is 5.75. The summed E-state index contributed by atoms with van der Waals surface area (Å²) >= 11 is 1.94. The molecule has 0 bridgehead atoms.